The van der Waals surface area contributed by atoms with E-state index >= 15 is 0 Å². The van der Waals surface area contributed by atoms with Crippen LogP contribution in [0.15, 0.2) is 24.3 Å². The Morgan fingerprint density at radius 3 is 2.25 bits per heavy atom. The number of nitrogen functional groups attached to an aromatic ring is 1. The predicted molar refractivity (Wildman–Crippen MR) is 36.2 cm³/mol. The quantitative estimate of drug-likeness (QED) is 0.433. The standard InChI is InChI=1S/C6H6NSe/c7-5-3-1-2-4-6(5)8/h1-4H,7H2. The molecule has 2 heteroatoms. The molecule has 2 N–H and O–H groups in total. The summed E-state index contributed by atoms with van der Waals surface area (Å²) in [6.45, 7) is 0. The van der Waals surface area contributed by atoms with Crippen LogP contribution in [-0.4, -0.2) is 16.0 Å². The Balaban J connectivity index is 3.13. The Kier molecular flexibility index (Phi) is 1.56. The molecule has 1 radical (unpaired) electrons. The molecule has 0 spiro atoms. The van der Waals surface area contributed by atoms with E-state index < -0.39 is 0 Å². The molecule has 0 atom stereocenters. The zero-order chi connectivity index (χ0) is 5.98. The zero-order valence-corrected chi connectivity index (χ0v) is 6.01. The van der Waals surface area contributed by atoms with Crippen LogP contribution >= 0.6 is 0 Å². The van der Waals surface area contributed by atoms with E-state index in [1.807, 2.05) is 24.3 Å². The number of hydrogen-bond donors (Lipinski definition) is 1. The van der Waals surface area contributed by atoms with Crippen molar-refractivity contribution in [3.63, 3.8) is 0 Å². The van der Waals surface area contributed by atoms with Gasteiger partial charge in [-0.05, 0) is 0 Å². The summed E-state index contributed by atoms with van der Waals surface area (Å²) in [4.78, 5) is 0. The van der Waals surface area contributed by atoms with Crippen LogP contribution in [0.25, 0.3) is 0 Å². The van der Waals surface area contributed by atoms with E-state index in [0.29, 0.717) is 0 Å². The molecule has 0 saturated heterocycles. The number of para-hydroxylation sites is 1. The van der Waals surface area contributed by atoms with Crippen LogP contribution in [0.4, 0.5) is 5.69 Å². The maximum atomic E-state index is 5.49. The minimum absolute atomic E-state index is 0.813. The Hall–Kier alpha value is -0.461. The van der Waals surface area contributed by atoms with Gasteiger partial charge >= 0.3 is 56.2 Å². The first-order chi connectivity index (χ1) is 3.80. The summed E-state index contributed by atoms with van der Waals surface area (Å²) < 4.78 is 1.02. The van der Waals surface area contributed by atoms with Crippen molar-refractivity contribution in [1.82, 2.24) is 0 Å². The molecule has 8 heavy (non-hydrogen) atoms. The van der Waals surface area contributed by atoms with Gasteiger partial charge in [0.05, 0.1) is 0 Å². The Morgan fingerprint density at radius 1 is 1.25 bits per heavy atom. The SMILES string of the molecule is Nc1ccccc1[Se]. The first-order valence-corrected chi connectivity index (χ1v) is 3.18. The summed E-state index contributed by atoms with van der Waals surface area (Å²) in [7, 11) is 0. The van der Waals surface area contributed by atoms with Gasteiger partial charge in [-0.15, -0.1) is 0 Å². The average Bonchev–Trinajstić information content (AvgIpc) is 1.77. The fraction of sp³-hybridized carbons (Fsp3) is 0. The summed E-state index contributed by atoms with van der Waals surface area (Å²) in [6, 6.07) is 7.67. The van der Waals surface area contributed by atoms with E-state index in [1.54, 1.807) is 0 Å². The van der Waals surface area contributed by atoms with Crippen LogP contribution < -0.4 is 10.2 Å². The predicted octanol–water partition coefficient (Wildman–Crippen LogP) is 0.0626. The molecule has 41 valence electrons. The van der Waals surface area contributed by atoms with Gasteiger partial charge in [-0.3, -0.25) is 0 Å². The molecular weight excluding hydrogens is 165 g/mol. The molecule has 1 aromatic carbocycles. The third-order valence-electron chi connectivity index (χ3n) is 0.919. The molecule has 0 bridgehead atoms. The van der Waals surface area contributed by atoms with Gasteiger partial charge < -0.3 is 0 Å². The van der Waals surface area contributed by atoms with E-state index in [-0.39, 0.29) is 0 Å². The fourth-order valence-electron chi connectivity index (χ4n) is 0.481. The summed E-state index contributed by atoms with van der Waals surface area (Å²) in [5.41, 5.74) is 6.30. The van der Waals surface area contributed by atoms with Crippen LogP contribution in [0, 0.1) is 0 Å². The summed E-state index contributed by atoms with van der Waals surface area (Å²) in [5, 5.41) is 0. The number of rotatable bonds is 0. The maximum absolute atomic E-state index is 5.49. The van der Waals surface area contributed by atoms with Crippen molar-refractivity contribution in [3.8, 4) is 0 Å². The first-order valence-electron chi connectivity index (χ1n) is 2.32. The van der Waals surface area contributed by atoms with Gasteiger partial charge in [0.25, 0.3) is 0 Å². The molecule has 0 aliphatic heterocycles. The monoisotopic (exact) mass is 172 g/mol. The van der Waals surface area contributed by atoms with Gasteiger partial charge in [0.15, 0.2) is 0 Å². The van der Waals surface area contributed by atoms with Crippen molar-refractivity contribution in [3.05, 3.63) is 24.3 Å². The normalized spacial score (nSPS) is 9.00. The third kappa shape index (κ3) is 1.03. The molecule has 0 amide bonds. The number of nitrogens with two attached hydrogens (primary N) is 1. The van der Waals surface area contributed by atoms with Crippen LogP contribution in [0.1, 0.15) is 0 Å². The Labute approximate surface area is 56.7 Å². The van der Waals surface area contributed by atoms with Crippen molar-refractivity contribution in [1.29, 1.82) is 0 Å². The van der Waals surface area contributed by atoms with E-state index in [0.717, 1.165) is 10.1 Å². The molecule has 0 heterocycles. The second-order valence-corrected chi connectivity index (χ2v) is 2.46. The molecule has 1 aromatic rings. The third-order valence-corrected chi connectivity index (χ3v) is 1.70. The van der Waals surface area contributed by atoms with Gasteiger partial charge in [0.1, 0.15) is 0 Å². The van der Waals surface area contributed by atoms with E-state index in [2.05, 4.69) is 16.0 Å². The molecule has 0 aliphatic rings. The zero-order valence-electron chi connectivity index (χ0n) is 4.29. The fourth-order valence-corrected chi connectivity index (χ4v) is 0.788. The van der Waals surface area contributed by atoms with E-state index in [1.165, 1.54) is 0 Å². The molecule has 0 aromatic heterocycles. The molecule has 1 rings (SSSR count). The van der Waals surface area contributed by atoms with Crippen LogP contribution in [0.5, 0.6) is 0 Å². The molecule has 0 unspecified atom stereocenters. The second kappa shape index (κ2) is 2.21. The van der Waals surface area contributed by atoms with Gasteiger partial charge in [-0.25, -0.2) is 0 Å². The summed E-state index contributed by atoms with van der Waals surface area (Å²) in [6.07, 6.45) is 0. The van der Waals surface area contributed by atoms with Crippen molar-refractivity contribution in [2.75, 3.05) is 5.73 Å². The molecule has 0 saturated carbocycles. The van der Waals surface area contributed by atoms with E-state index in [9.17, 15) is 0 Å². The number of anilines is 1. The number of hydrogen-bond acceptors (Lipinski definition) is 1. The summed E-state index contributed by atoms with van der Waals surface area (Å²) >= 11 is 2.85. The van der Waals surface area contributed by atoms with Crippen molar-refractivity contribution < 1.29 is 0 Å². The second-order valence-electron chi connectivity index (χ2n) is 1.54. The molecule has 0 aliphatic carbocycles. The Morgan fingerprint density at radius 2 is 1.88 bits per heavy atom. The first kappa shape index (κ1) is 5.67. The van der Waals surface area contributed by atoms with Gasteiger partial charge in [-0.2, -0.15) is 0 Å². The molecule has 1 nitrogen and oxygen atoms in total. The molecule has 0 fully saturated rings. The van der Waals surface area contributed by atoms with Crippen molar-refractivity contribution in [2.45, 2.75) is 0 Å². The van der Waals surface area contributed by atoms with Crippen molar-refractivity contribution in [2.24, 2.45) is 0 Å². The van der Waals surface area contributed by atoms with Crippen molar-refractivity contribution >= 4 is 26.2 Å². The summed E-state index contributed by atoms with van der Waals surface area (Å²) in [5.74, 6) is 0. The van der Waals surface area contributed by atoms with Crippen LogP contribution in [0.2, 0.25) is 0 Å². The minimum atomic E-state index is 0.813. The number of benzene rings is 1. The topological polar surface area (TPSA) is 26.0 Å². The van der Waals surface area contributed by atoms with Gasteiger partial charge in [0.2, 0.25) is 0 Å². The molecular formula is C6H6NSe. The van der Waals surface area contributed by atoms with Crippen LogP contribution in [-0.2, 0) is 0 Å². The van der Waals surface area contributed by atoms with E-state index in [4.69, 9.17) is 5.73 Å². The van der Waals surface area contributed by atoms with Crippen LogP contribution in [0.3, 0.4) is 0 Å². The van der Waals surface area contributed by atoms with Gasteiger partial charge in [0, 0.05) is 0 Å². The van der Waals surface area contributed by atoms with Gasteiger partial charge in [-0.1, -0.05) is 0 Å². The Bertz CT molecular complexity index is 165. The average molecular weight is 171 g/mol.